The lowest BCUT2D eigenvalue weighted by Gasteiger charge is -2.14. The molecule has 0 aliphatic rings. The van der Waals surface area contributed by atoms with Crippen molar-refractivity contribution in [1.29, 1.82) is 0 Å². The summed E-state index contributed by atoms with van der Waals surface area (Å²) in [6, 6.07) is 7.18. The minimum atomic E-state index is -1.20. The van der Waals surface area contributed by atoms with Crippen LogP contribution in [-0.2, 0) is 0 Å². The molecule has 100 valence electrons. The van der Waals surface area contributed by atoms with Crippen LogP contribution >= 0.6 is 31.9 Å². The molecule has 1 N–H and O–H groups in total. The molecule has 0 aromatic heterocycles. The lowest BCUT2D eigenvalue weighted by Crippen LogP contribution is -2.04. The van der Waals surface area contributed by atoms with Gasteiger partial charge >= 0.3 is 0 Å². The summed E-state index contributed by atoms with van der Waals surface area (Å²) in [6.45, 7) is 1.86. The van der Waals surface area contributed by atoms with E-state index >= 15 is 0 Å². The van der Waals surface area contributed by atoms with E-state index in [0.717, 1.165) is 22.2 Å². The van der Waals surface area contributed by atoms with Crippen LogP contribution in [0.2, 0.25) is 0 Å². The molecule has 0 aliphatic heterocycles. The second-order valence-corrected chi connectivity index (χ2v) is 5.91. The van der Waals surface area contributed by atoms with Crippen molar-refractivity contribution in [3.63, 3.8) is 0 Å². The Morgan fingerprint density at radius 1 is 1.00 bits per heavy atom. The lowest BCUT2D eigenvalue weighted by atomic mass is 9.99. The molecule has 0 bridgehead atoms. The number of aliphatic hydroxyl groups excluding tert-OH is 1. The van der Waals surface area contributed by atoms with Gasteiger partial charge in [0.2, 0.25) is 0 Å². The van der Waals surface area contributed by atoms with Crippen LogP contribution in [-0.4, -0.2) is 5.11 Å². The van der Waals surface area contributed by atoms with E-state index < -0.39 is 17.7 Å². The van der Waals surface area contributed by atoms with Gasteiger partial charge in [-0.3, -0.25) is 0 Å². The summed E-state index contributed by atoms with van der Waals surface area (Å²) in [5.41, 5.74) is 1.35. The average molecular weight is 392 g/mol. The first-order chi connectivity index (χ1) is 8.90. The molecule has 2 aromatic carbocycles. The molecule has 0 radical (unpaired) electrons. The number of aryl methyl sites for hydroxylation is 1. The topological polar surface area (TPSA) is 20.2 Å². The van der Waals surface area contributed by atoms with Crippen LogP contribution in [0.1, 0.15) is 22.8 Å². The number of halogens is 4. The second kappa shape index (κ2) is 5.69. The van der Waals surface area contributed by atoms with Gasteiger partial charge in [0.25, 0.3) is 0 Å². The molecule has 5 heteroatoms. The van der Waals surface area contributed by atoms with Gasteiger partial charge in [0.05, 0.1) is 4.47 Å². The van der Waals surface area contributed by atoms with Crippen molar-refractivity contribution in [3.8, 4) is 0 Å². The van der Waals surface area contributed by atoms with Crippen LogP contribution in [0, 0.1) is 18.6 Å². The molecule has 1 nitrogen and oxygen atoms in total. The molecule has 0 amide bonds. The third-order valence-electron chi connectivity index (χ3n) is 2.83. The zero-order valence-electron chi connectivity index (χ0n) is 9.92. The quantitative estimate of drug-likeness (QED) is 0.723. The molecule has 2 aromatic rings. The van der Waals surface area contributed by atoms with Crippen molar-refractivity contribution in [1.82, 2.24) is 0 Å². The van der Waals surface area contributed by atoms with Gasteiger partial charge in [0.1, 0.15) is 17.7 Å². The first kappa shape index (κ1) is 14.6. The fourth-order valence-electron chi connectivity index (χ4n) is 1.77. The molecule has 0 heterocycles. The van der Waals surface area contributed by atoms with E-state index in [2.05, 4.69) is 31.9 Å². The van der Waals surface area contributed by atoms with E-state index in [4.69, 9.17) is 0 Å². The second-order valence-electron chi connectivity index (χ2n) is 4.20. The summed E-state index contributed by atoms with van der Waals surface area (Å²) in [5.74, 6) is -1.26. The zero-order chi connectivity index (χ0) is 14.2. The van der Waals surface area contributed by atoms with Crippen LogP contribution in [0.15, 0.2) is 39.3 Å². The molecule has 0 spiro atoms. The minimum absolute atomic E-state index is 0.0351. The molecule has 1 unspecified atom stereocenters. The molecule has 2 rings (SSSR count). The molecular formula is C14H10Br2F2O. The number of benzene rings is 2. The standard InChI is InChI=1S/C14H10Br2F2O/c1-7-4-8(2-3-10(7)15)14(19)9-5-13(18)11(16)6-12(9)17/h2-6,14,19H,1H3. The van der Waals surface area contributed by atoms with Gasteiger partial charge in [-0.05, 0) is 52.2 Å². The Morgan fingerprint density at radius 2 is 1.68 bits per heavy atom. The summed E-state index contributed by atoms with van der Waals surface area (Å²) in [5, 5.41) is 10.2. The van der Waals surface area contributed by atoms with E-state index in [-0.39, 0.29) is 10.0 Å². The Labute approximate surface area is 126 Å². The van der Waals surface area contributed by atoms with Crippen molar-refractivity contribution >= 4 is 31.9 Å². The highest BCUT2D eigenvalue weighted by Gasteiger charge is 2.18. The maximum atomic E-state index is 13.8. The minimum Gasteiger partial charge on any atom is -0.384 e. The van der Waals surface area contributed by atoms with Crippen LogP contribution in [0.4, 0.5) is 8.78 Å². The van der Waals surface area contributed by atoms with Gasteiger partial charge in [0.15, 0.2) is 0 Å². The highest BCUT2D eigenvalue weighted by atomic mass is 79.9. The highest BCUT2D eigenvalue weighted by molar-refractivity contribution is 9.10. The summed E-state index contributed by atoms with van der Waals surface area (Å²) in [7, 11) is 0. The first-order valence-corrected chi connectivity index (χ1v) is 7.07. The van der Waals surface area contributed by atoms with Crippen LogP contribution < -0.4 is 0 Å². The molecule has 1 atom stereocenters. The van der Waals surface area contributed by atoms with Gasteiger partial charge in [-0.25, -0.2) is 8.78 Å². The normalized spacial score (nSPS) is 12.5. The van der Waals surface area contributed by atoms with Gasteiger partial charge < -0.3 is 5.11 Å². The third-order valence-corrected chi connectivity index (χ3v) is 4.33. The van der Waals surface area contributed by atoms with Crippen molar-refractivity contribution in [3.05, 3.63) is 67.6 Å². The Hall–Kier alpha value is -0.780. The van der Waals surface area contributed by atoms with Gasteiger partial charge in [-0.2, -0.15) is 0 Å². The number of hydrogen-bond donors (Lipinski definition) is 1. The predicted molar refractivity (Wildman–Crippen MR) is 77.0 cm³/mol. The molecule has 0 saturated carbocycles. The largest absolute Gasteiger partial charge is 0.384 e. The molecule has 19 heavy (non-hydrogen) atoms. The third kappa shape index (κ3) is 3.04. The van der Waals surface area contributed by atoms with Crippen LogP contribution in [0.25, 0.3) is 0 Å². The summed E-state index contributed by atoms with van der Waals surface area (Å²) < 4.78 is 28.2. The van der Waals surface area contributed by atoms with Gasteiger partial charge in [-0.15, -0.1) is 0 Å². The SMILES string of the molecule is Cc1cc(C(O)c2cc(F)c(Br)cc2F)ccc1Br. The number of rotatable bonds is 2. The fraction of sp³-hybridized carbons (Fsp3) is 0.143. The average Bonchev–Trinajstić information content (AvgIpc) is 2.36. The van der Waals surface area contributed by atoms with Crippen molar-refractivity contribution in [2.45, 2.75) is 13.0 Å². The maximum absolute atomic E-state index is 13.8. The van der Waals surface area contributed by atoms with Crippen molar-refractivity contribution in [2.24, 2.45) is 0 Å². The van der Waals surface area contributed by atoms with Gasteiger partial charge in [-0.1, -0.05) is 28.1 Å². The smallest absolute Gasteiger partial charge is 0.137 e. The Morgan fingerprint density at radius 3 is 2.32 bits per heavy atom. The highest BCUT2D eigenvalue weighted by Crippen LogP contribution is 2.30. The zero-order valence-corrected chi connectivity index (χ0v) is 13.1. The number of aliphatic hydroxyl groups is 1. The lowest BCUT2D eigenvalue weighted by molar-refractivity contribution is 0.214. The fourth-order valence-corrected chi connectivity index (χ4v) is 2.33. The molecular weight excluding hydrogens is 382 g/mol. The maximum Gasteiger partial charge on any atom is 0.137 e. The first-order valence-electron chi connectivity index (χ1n) is 5.48. The Kier molecular flexibility index (Phi) is 4.38. The van der Waals surface area contributed by atoms with Gasteiger partial charge in [0, 0.05) is 10.0 Å². The van der Waals surface area contributed by atoms with E-state index in [1.807, 2.05) is 6.92 Å². The van der Waals surface area contributed by atoms with Crippen LogP contribution in [0.5, 0.6) is 0 Å². The monoisotopic (exact) mass is 390 g/mol. The van der Waals surface area contributed by atoms with E-state index in [0.29, 0.717) is 5.56 Å². The van der Waals surface area contributed by atoms with E-state index in [1.54, 1.807) is 18.2 Å². The number of hydrogen-bond acceptors (Lipinski definition) is 1. The summed E-state index contributed by atoms with van der Waals surface area (Å²) in [4.78, 5) is 0. The van der Waals surface area contributed by atoms with E-state index in [9.17, 15) is 13.9 Å². The molecule has 0 saturated heterocycles. The Balaban J connectivity index is 2.46. The summed E-state index contributed by atoms with van der Waals surface area (Å²) >= 11 is 6.25. The molecule has 0 fully saturated rings. The van der Waals surface area contributed by atoms with Crippen molar-refractivity contribution in [2.75, 3.05) is 0 Å². The Bertz CT molecular complexity index is 629. The molecule has 0 aliphatic carbocycles. The van der Waals surface area contributed by atoms with Crippen molar-refractivity contribution < 1.29 is 13.9 Å². The van der Waals surface area contributed by atoms with E-state index in [1.165, 1.54) is 0 Å². The predicted octanol–water partition coefficient (Wildman–Crippen LogP) is 4.88. The van der Waals surface area contributed by atoms with Crippen LogP contribution in [0.3, 0.4) is 0 Å². The summed E-state index contributed by atoms with van der Waals surface area (Å²) in [6.07, 6.45) is -1.20.